The minimum Gasteiger partial charge on any atom is -0.294 e. The number of hydrogen-bond acceptors (Lipinski definition) is 1. The van der Waals surface area contributed by atoms with Crippen molar-refractivity contribution in [2.24, 2.45) is 5.92 Å². The van der Waals surface area contributed by atoms with Crippen LogP contribution in [0.25, 0.3) is 0 Å². The molecule has 0 bridgehead atoms. The van der Waals surface area contributed by atoms with Gasteiger partial charge in [-0.15, -0.1) is 0 Å². The standard InChI is InChI=1S/C11H7F5O/c12-7-6(5(17)3-4-1-2-4)8(13)10(15)11(16)9(7)14/h4H,1-3H2. The van der Waals surface area contributed by atoms with Crippen LogP contribution in [0.1, 0.15) is 29.6 Å². The molecule has 0 aliphatic heterocycles. The zero-order chi connectivity index (χ0) is 12.7. The fraction of sp³-hybridized carbons (Fsp3) is 0.364. The average Bonchev–Trinajstić information content (AvgIpc) is 3.08. The lowest BCUT2D eigenvalue weighted by atomic mass is 10.0. The average molecular weight is 250 g/mol. The van der Waals surface area contributed by atoms with Gasteiger partial charge in [-0.3, -0.25) is 4.79 Å². The molecule has 0 unspecified atom stereocenters. The molecule has 1 nitrogen and oxygen atoms in total. The SMILES string of the molecule is O=C(CC1CC1)c1c(F)c(F)c(F)c(F)c1F. The molecule has 1 aliphatic rings. The van der Waals surface area contributed by atoms with Gasteiger partial charge in [0.2, 0.25) is 5.82 Å². The third kappa shape index (κ3) is 2.03. The Kier molecular flexibility index (Phi) is 2.89. The van der Waals surface area contributed by atoms with Crippen LogP contribution >= 0.6 is 0 Å². The molecule has 1 saturated carbocycles. The van der Waals surface area contributed by atoms with Gasteiger partial charge in [-0.2, -0.15) is 0 Å². The van der Waals surface area contributed by atoms with Gasteiger partial charge in [0.05, 0.1) is 5.56 Å². The fourth-order valence-corrected chi connectivity index (χ4v) is 1.54. The van der Waals surface area contributed by atoms with Gasteiger partial charge in [0.15, 0.2) is 29.1 Å². The molecule has 0 N–H and O–H groups in total. The predicted octanol–water partition coefficient (Wildman–Crippen LogP) is 3.36. The van der Waals surface area contributed by atoms with Crippen molar-refractivity contribution in [3.63, 3.8) is 0 Å². The topological polar surface area (TPSA) is 17.1 Å². The quantitative estimate of drug-likeness (QED) is 0.348. The van der Waals surface area contributed by atoms with Gasteiger partial charge < -0.3 is 0 Å². The van der Waals surface area contributed by atoms with Crippen LogP contribution in [-0.2, 0) is 0 Å². The van der Waals surface area contributed by atoms with Crippen molar-refractivity contribution < 1.29 is 26.7 Å². The van der Waals surface area contributed by atoms with Gasteiger partial charge in [0.25, 0.3) is 0 Å². The van der Waals surface area contributed by atoms with Crippen molar-refractivity contribution in [3.05, 3.63) is 34.6 Å². The minimum atomic E-state index is -2.25. The molecule has 1 aromatic rings. The number of halogens is 5. The molecule has 1 aromatic carbocycles. The van der Waals surface area contributed by atoms with E-state index in [9.17, 15) is 26.7 Å². The zero-order valence-corrected chi connectivity index (χ0v) is 8.50. The van der Waals surface area contributed by atoms with E-state index in [4.69, 9.17) is 0 Å². The number of ketones is 1. The third-order valence-corrected chi connectivity index (χ3v) is 2.66. The summed E-state index contributed by atoms with van der Waals surface area (Å²) in [5.41, 5.74) is -1.33. The molecular weight excluding hydrogens is 243 g/mol. The van der Waals surface area contributed by atoms with Crippen molar-refractivity contribution in [2.45, 2.75) is 19.3 Å². The molecule has 92 valence electrons. The number of carbonyl (C=O) groups excluding carboxylic acids is 1. The Morgan fingerprint density at radius 3 is 1.71 bits per heavy atom. The third-order valence-electron chi connectivity index (χ3n) is 2.66. The Balaban J connectivity index is 2.48. The molecule has 1 aliphatic carbocycles. The maximum atomic E-state index is 13.2. The van der Waals surface area contributed by atoms with E-state index in [1.165, 1.54) is 0 Å². The molecule has 1 fully saturated rings. The molecule has 0 saturated heterocycles. The summed E-state index contributed by atoms with van der Waals surface area (Å²) in [6.45, 7) is 0. The predicted molar refractivity (Wildman–Crippen MR) is 47.9 cm³/mol. The van der Waals surface area contributed by atoms with E-state index < -0.39 is 40.4 Å². The highest BCUT2D eigenvalue weighted by molar-refractivity contribution is 5.97. The van der Waals surface area contributed by atoms with Crippen molar-refractivity contribution in [2.75, 3.05) is 0 Å². The molecule has 2 rings (SSSR count). The molecule has 0 heterocycles. The minimum absolute atomic E-state index is 0.00234. The highest BCUT2D eigenvalue weighted by Crippen LogP contribution is 2.34. The molecule has 6 heteroatoms. The first-order valence-corrected chi connectivity index (χ1v) is 4.98. The molecule has 0 spiro atoms. The molecule has 0 aromatic heterocycles. The summed E-state index contributed by atoms with van der Waals surface area (Å²) in [5, 5.41) is 0. The van der Waals surface area contributed by atoms with Crippen LogP contribution in [0.5, 0.6) is 0 Å². The van der Waals surface area contributed by atoms with Gasteiger partial charge >= 0.3 is 0 Å². The first kappa shape index (κ1) is 12.0. The van der Waals surface area contributed by atoms with E-state index in [1.807, 2.05) is 0 Å². The Hall–Kier alpha value is -1.46. The number of Topliss-reactive ketones (excluding diaryl/α,β-unsaturated/α-hetero) is 1. The van der Waals surface area contributed by atoms with Crippen LogP contribution in [-0.4, -0.2) is 5.78 Å². The van der Waals surface area contributed by atoms with Crippen LogP contribution in [0.4, 0.5) is 22.0 Å². The van der Waals surface area contributed by atoms with Crippen LogP contribution in [0, 0.1) is 35.0 Å². The summed E-state index contributed by atoms with van der Waals surface area (Å²) < 4.78 is 64.7. The van der Waals surface area contributed by atoms with Gasteiger partial charge in [0.1, 0.15) is 0 Å². The second kappa shape index (κ2) is 4.09. The number of benzene rings is 1. The van der Waals surface area contributed by atoms with Crippen molar-refractivity contribution in [3.8, 4) is 0 Å². The lowest BCUT2D eigenvalue weighted by molar-refractivity contribution is 0.0964. The van der Waals surface area contributed by atoms with Gasteiger partial charge in [0, 0.05) is 6.42 Å². The second-order valence-corrected chi connectivity index (χ2v) is 4.02. The maximum absolute atomic E-state index is 13.2. The smallest absolute Gasteiger partial charge is 0.200 e. The Morgan fingerprint density at radius 2 is 1.29 bits per heavy atom. The lowest BCUT2D eigenvalue weighted by Gasteiger charge is -2.06. The first-order chi connectivity index (χ1) is 7.93. The molecule has 0 atom stereocenters. The largest absolute Gasteiger partial charge is 0.294 e. The van der Waals surface area contributed by atoms with Crippen molar-refractivity contribution >= 4 is 5.78 Å². The fourth-order valence-electron chi connectivity index (χ4n) is 1.54. The van der Waals surface area contributed by atoms with E-state index in [0.29, 0.717) is 0 Å². The summed E-state index contributed by atoms with van der Waals surface area (Å²) in [5.74, 6) is -11.6. The summed E-state index contributed by atoms with van der Waals surface area (Å²) in [4.78, 5) is 11.4. The normalized spacial score (nSPS) is 15.1. The summed E-state index contributed by atoms with van der Waals surface area (Å²) >= 11 is 0. The van der Waals surface area contributed by atoms with Crippen LogP contribution in [0.15, 0.2) is 0 Å². The Morgan fingerprint density at radius 1 is 0.882 bits per heavy atom. The van der Waals surface area contributed by atoms with E-state index in [-0.39, 0.29) is 12.3 Å². The monoisotopic (exact) mass is 250 g/mol. The molecular formula is C11H7F5O. The van der Waals surface area contributed by atoms with Crippen molar-refractivity contribution in [1.29, 1.82) is 0 Å². The van der Waals surface area contributed by atoms with Gasteiger partial charge in [-0.1, -0.05) is 0 Å². The Bertz CT molecular complexity index is 464. The van der Waals surface area contributed by atoms with Gasteiger partial charge in [-0.05, 0) is 18.8 Å². The number of hydrogen-bond donors (Lipinski definition) is 0. The van der Waals surface area contributed by atoms with E-state index in [2.05, 4.69) is 0 Å². The summed E-state index contributed by atoms with van der Waals surface area (Å²) in [7, 11) is 0. The summed E-state index contributed by atoms with van der Waals surface area (Å²) in [6.07, 6.45) is 1.29. The zero-order valence-electron chi connectivity index (χ0n) is 8.50. The van der Waals surface area contributed by atoms with Crippen molar-refractivity contribution in [1.82, 2.24) is 0 Å². The van der Waals surface area contributed by atoms with E-state index in [1.54, 1.807) is 0 Å². The highest BCUT2D eigenvalue weighted by atomic mass is 19.2. The Labute approximate surface area is 93.2 Å². The number of rotatable bonds is 3. The van der Waals surface area contributed by atoms with Crippen LogP contribution < -0.4 is 0 Å². The highest BCUT2D eigenvalue weighted by Gasteiger charge is 2.32. The van der Waals surface area contributed by atoms with Gasteiger partial charge in [-0.25, -0.2) is 22.0 Å². The summed E-state index contributed by atoms with van der Waals surface area (Å²) in [6, 6.07) is 0. The molecule has 17 heavy (non-hydrogen) atoms. The van der Waals surface area contributed by atoms with E-state index in [0.717, 1.165) is 12.8 Å². The molecule has 0 amide bonds. The maximum Gasteiger partial charge on any atom is 0.200 e. The van der Waals surface area contributed by atoms with E-state index >= 15 is 0 Å². The first-order valence-electron chi connectivity index (χ1n) is 4.98. The second-order valence-electron chi connectivity index (χ2n) is 4.02. The lowest BCUT2D eigenvalue weighted by Crippen LogP contribution is -2.13. The number of carbonyl (C=O) groups is 1. The van der Waals surface area contributed by atoms with Crippen LogP contribution in [0.3, 0.4) is 0 Å². The van der Waals surface area contributed by atoms with Crippen LogP contribution in [0.2, 0.25) is 0 Å². The molecule has 0 radical (unpaired) electrons.